The van der Waals surface area contributed by atoms with Crippen LogP contribution in [0, 0.1) is 0 Å². The van der Waals surface area contributed by atoms with Crippen LogP contribution in [0.3, 0.4) is 0 Å². The minimum absolute atomic E-state index is 0.629. The number of nitrogens with zero attached hydrogens (tertiary/aromatic N) is 2. The van der Waals surface area contributed by atoms with E-state index in [0.29, 0.717) is 5.70 Å². The van der Waals surface area contributed by atoms with E-state index in [1.165, 1.54) is 5.01 Å². The van der Waals surface area contributed by atoms with Crippen LogP contribution in [0.1, 0.15) is 5.56 Å². The van der Waals surface area contributed by atoms with Crippen LogP contribution in [0.2, 0.25) is 0 Å². The van der Waals surface area contributed by atoms with Gasteiger partial charge in [-0.15, -0.1) is 0 Å². The fourth-order valence-electron chi connectivity index (χ4n) is 1.75. The lowest BCUT2D eigenvalue weighted by atomic mass is 10.1. The second-order valence-corrected chi connectivity index (χ2v) is 4.13. The molecule has 5 nitrogen and oxygen atoms in total. The summed E-state index contributed by atoms with van der Waals surface area (Å²) in [5, 5.41) is 6.61. The summed E-state index contributed by atoms with van der Waals surface area (Å²) in [5.74, 6) is 6.38. The molecular weight excluding hydrogens is 226 g/mol. The molecule has 0 saturated heterocycles. The van der Waals surface area contributed by atoms with Crippen LogP contribution in [0.5, 0.6) is 0 Å². The van der Waals surface area contributed by atoms with E-state index in [4.69, 9.17) is 11.6 Å². The van der Waals surface area contributed by atoms with Crippen LogP contribution in [0.25, 0.3) is 16.5 Å². The molecule has 0 spiro atoms. The van der Waals surface area contributed by atoms with Crippen molar-refractivity contribution in [2.75, 3.05) is 19.4 Å². The summed E-state index contributed by atoms with van der Waals surface area (Å²) in [4.78, 5) is 4.26. The molecule has 2 aromatic rings. The number of rotatable bonds is 3. The van der Waals surface area contributed by atoms with E-state index in [0.717, 1.165) is 22.2 Å². The SMILES string of the molecule is CNc1cc2cc(/C(N)=C/N(C)N)ccc2cn1. The van der Waals surface area contributed by atoms with Gasteiger partial charge in [-0.1, -0.05) is 12.1 Å². The van der Waals surface area contributed by atoms with Crippen LogP contribution < -0.4 is 16.9 Å². The molecule has 0 unspecified atom stereocenters. The van der Waals surface area contributed by atoms with Crippen LogP contribution in [-0.2, 0) is 0 Å². The lowest BCUT2D eigenvalue weighted by Crippen LogP contribution is -2.20. The number of nitrogens with two attached hydrogens (primary N) is 2. The average Bonchev–Trinajstić information content (AvgIpc) is 2.36. The smallest absolute Gasteiger partial charge is 0.126 e. The fourth-order valence-corrected chi connectivity index (χ4v) is 1.75. The number of nitrogens with one attached hydrogen (secondary N) is 1. The van der Waals surface area contributed by atoms with Crippen molar-refractivity contribution in [2.45, 2.75) is 0 Å². The maximum Gasteiger partial charge on any atom is 0.126 e. The van der Waals surface area contributed by atoms with Crippen molar-refractivity contribution in [3.63, 3.8) is 0 Å². The maximum absolute atomic E-state index is 5.97. The minimum Gasteiger partial charge on any atom is -0.397 e. The third-order valence-electron chi connectivity index (χ3n) is 2.65. The molecule has 0 aliphatic rings. The third-order valence-corrected chi connectivity index (χ3v) is 2.65. The van der Waals surface area contributed by atoms with Gasteiger partial charge in [-0.3, -0.25) is 0 Å². The number of pyridine rings is 1. The van der Waals surface area contributed by atoms with E-state index >= 15 is 0 Å². The molecule has 1 heterocycles. The van der Waals surface area contributed by atoms with Gasteiger partial charge in [-0.05, 0) is 23.1 Å². The third kappa shape index (κ3) is 2.52. The largest absolute Gasteiger partial charge is 0.397 e. The molecule has 0 fully saturated rings. The van der Waals surface area contributed by atoms with E-state index in [2.05, 4.69) is 10.3 Å². The van der Waals surface area contributed by atoms with Gasteiger partial charge in [0.05, 0.1) is 5.70 Å². The molecule has 0 bridgehead atoms. The lowest BCUT2D eigenvalue weighted by Gasteiger charge is -2.09. The Kier molecular flexibility index (Phi) is 3.34. The highest BCUT2D eigenvalue weighted by molar-refractivity contribution is 5.87. The van der Waals surface area contributed by atoms with Gasteiger partial charge in [0.25, 0.3) is 0 Å². The quantitative estimate of drug-likeness (QED) is 0.560. The summed E-state index contributed by atoms with van der Waals surface area (Å²) in [6.07, 6.45) is 3.52. The van der Waals surface area contributed by atoms with Gasteiger partial charge in [-0.2, -0.15) is 0 Å². The number of hydrazine groups is 1. The Morgan fingerprint density at radius 1 is 1.33 bits per heavy atom. The van der Waals surface area contributed by atoms with Crippen molar-refractivity contribution < 1.29 is 0 Å². The number of anilines is 1. The minimum atomic E-state index is 0.629. The van der Waals surface area contributed by atoms with Crippen LogP contribution in [-0.4, -0.2) is 24.1 Å². The van der Waals surface area contributed by atoms with Crippen molar-refractivity contribution in [3.05, 3.63) is 42.2 Å². The molecule has 0 amide bonds. The van der Waals surface area contributed by atoms with Gasteiger partial charge in [0.15, 0.2) is 0 Å². The lowest BCUT2D eigenvalue weighted by molar-refractivity contribution is 0.486. The first-order chi connectivity index (χ1) is 8.60. The van der Waals surface area contributed by atoms with Gasteiger partial charge >= 0.3 is 0 Å². The molecule has 5 heteroatoms. The van der Waals surface area contributed by atoms with Gasteiger partial charge in [0.2, 0.25) is 0 Å². The van der Waals surface area contributed by atoms with E-state index < -0.39 is 0 Å². The van der Waals surface area contributed by atoms with Crippen LogP contribution in [0.15, 0.2) is 36.7 Å². The van der Waals surface area contributed by atoms with Crippen molar-refractivity contribution >= 4 is 22.3 Å². The van der Waals surface area contributed by atoms with Gasteiger partial charge in [-0.25, -0.2) is 10.8 Å². The molecule has 0 saturated carbocycles. The molecule has 2 rings (SSSR count). The van der Waals surface area contributed by atoms with Crippen molar-refractivity contribution in [3.8, 4) is 0 Å². The van der Waals surface area contributed by atoms with E-state index in [9.17, 15) is 0 Å². The van der Waals surface area contributed by atoms with Crippen molar-refractivity contribution in [2.24, 2.45) is 11.6 Å². The van der Waals surface area contributed by atoms with E-state index in [-0.39, 0.29) is 0 Å². The number of fused-ring (bicyclic) bond motifs is 1. The Morgan fingerprint density at radius 2 is 2.11 bits per heavy atom. The molecule has 1 aromatic heterocycles. The highest BCUT2D eigenvalue weighted by atomic mass is 15.4. The van der Waals surface area contributed by atoms with Crippen LogP contribution >= 0.6 is 0 Å². The molecule has 94 valence electrons. The first-order valence-electron chi connectivity index (χ1n) is 5.63. The first kappa shape index (κ1) is 12.2. The number of benzene rings is 1. The molecule has 1 aromatic carbocycles. The summed E-state index contributed by atoms with van der Waals surface area (Å²) in [5.41, 5.74) is 7.53. The zero-order valence-electron chi connectivity index (χ0n) is 10.5. The monoisotopic (exact) mass is 243 g/mol. The Morgan fingerprint density at radius 3 is 2.78 bits per heavy atom. The number of hydrogen-bond donors (Lipinski definition) is 3. The van der Waals surface area contributed by atoms with E-state index in [1.54, 1.807) is 13.2 Å². The Labute approximate surface area is 106 Å². The summed E-state index contributed by atoms with van der Waals surface area (Å²) in [6.45, 7) is 0. The topological polar surface area (TPSA) is 80.2 Å². The summed E-state index contributed by atoms with van der Waals surface area (Å²) >= 11 is 0. The average molecular weight is 243 g/mol. The Bertz CT molecular complexity index is 589. The molecule has 0 aliphatic carbocycles. The normalized spacial score (nSPS) is 11.6. The molecule has 0 radical (unpaired) electrons. The molecule has 0 atom stereocenters. The summed E-state index contributed by atoms with van der Waals surface area (Å²) in [6, 6.07) is 7.96. The second kappa shape index (κ2) is 4.93. The standard InChI is InChI=1S/C13H17N5/c1-16-13-6-11-5-9(12(14)8-18(2)15)3-4-10(11)7-17-13/h3-8H,14-15H2,1-2H3,(H,16,17)/b12-8-. The van der Waals surface area contributed by atoms with Gasteiger partial charge < -0.3 is 16.1 Å². The van der Waals surface area contributed by atoms with E-state index in [1.807, 2.05) is 37.5 Å². The predicted octanol–water partition coefficient (Wildman–Crippen LogP) is 1.34. The second-order valence-electron chi connectivity index (χ2n) is 4.13. The summed E-state index contributed by atoms with van der Waals surface area (Å²) < 4.78 is 0. The van der Waals surface area contributed by atoms with Gasteiger partial charge in [0, 0.05) is 31.9 Å². The molecule has 0 aliphatic heterocycles. The molecule has 5 N–H and O–H groups in total. The van der Waals surface area contributed by atoms with Crippen LogP contribution in [0.4, 0.5) is 5.82 Å². The number of aromatic nitrogens is 1. The highest BCUT2D eigenvalue weighted by Crippen LogP contribution is 2.20. The maximum atomic E-state index is 5.97. The fraction of sp³-hybridized carbons (Fsp3) is 0.154. The predicted molar refractivity (Wildman–Crippen MR) is 75.4 cm³/mol. The zero-order valence-corrected chi connectivity index (χ0v) is 10.5. The number of hydrogen-bond acceptors (Lipinski definition) is 5. The first-order valence-corrected chi connectivity index (χ1v) is 5.63. The molecular formula is C13H17N5. The van der Waals surface area contributed by atoms with Crippen molar-refractivity contribution in [1.29, 1.82) is 0 Å². The Hall–Kier alpha value is -2.27. The van der Waals surface area contributed by atoms with Crippen molar-refractivity contribution in [1.82, 2.24) is 9.99 Å². The highest BCUT2D eigenvalue weighted by Gasteiger charge is 2.01. The van der Waals surface area contributed by atoms with Gasteiger partial charge in [0.1, 0.15) is 5.82 Å². The summed E-state index contributed by atoms with van der Waals surface area (Å²) in [7, 11) is 3.58. The zero-order chi connectivity index (χ0) is 13.1. The molecule has 18 heavy (non-hydrogen) atoms. The Balaban J connectivity index is 2.48.